The van der Waals surface area contributed by atoms with Crippen LogP contribution >= 0.6 is 0 Å². The number of morpholine rings is 1. The Kier molecular flexibility index (Phi) is 6.48. The number of amides is 1. The standard InChI is InChI=1S/C25H32N4O3/c1-18(2)29-22-11-10-19(17-28-12-14-31-15-13-28)16-21(22)23(27-29)32-25(3,4)24(30)26-20-8-6-5-7-9-20/h5-11,16,18H,12-15,17H2,1-4H3,(H,26,30). The number of hydrogen-bond acceptors (Lipinski definition) is 5. The lowest BCUT2D eigenvalue weighted by Crippen LogP contribution is -2.42. The zero-order chi connectivity index (χ0) is 22.7. The van der Waals surface area contributed by atoms with Crippen molar-refractivity contribution in [2.75, 3.05) is 31.6 Å². The van der Waals surface area contributed by atoms with Crippen molar-refractivity contribution in [3.05, 3.63) is 54.1 Å². The van der Waals surface area contributed by atoms with Gasteiger partial charge in [0.05, 0.1) is 24.1 Å². The van der Waals surface area contributed by atoms with Crippen LogP contribution in [-0.2, 0) is 16.1 Å². The molecule has 0 bridgehead atoms. The van der Waals surface area contributed by atoms with Gasteiger partial charge >= 0.3 is 0 Å². The SMILES string of the molecule is CC(C)n1nc(OC(C)(C)C(=O)Nc2ccccc2)c2cc(CN3CCOCC3)ccc21. The number of para-hydroxylation sites is 1. The van der Waals surface area contributed by atoms with Gasteiger partial charge in [0.2, 0.25) is 5.88 Å². The second kappa shape index (κ2) is 9.30. The van der Waals surface area contributed by atoms with Crippen molar-refractivity contribution >= 4 is 22.5 Å². The third-order valence-electron chi connectivity index (χ3n) is 5.67. The lowest BCUT2D eigenvalue weighted by atomic mass is 10.1. The molecule has 1 aliphatic heterocycles. The lowest BCUT2D eigenvalue weighted by Gasteiger charge is -2.26. The minimum atomic E-state index is -1.10. The van der Waals surface area contributed by atoms with Crippen LogP contribution in [0, 0.1) is 0 Å². The number of fused-ring (bicyclic) bond motifs is 1. The molecule has 1 fully saturated rings. The molecule has 7 nitrogen and oxygen atoms in total. The normalized spacial score (nSPS) is 15.3. The summed E-state index contributed by atoms with van der Waals surface area (Å²) in [6, 6.07) is 15.9. The Hall–Kier alpha value is -2.90. The van der Waals surface area contributed by atoms with Gasteiger partial charge in [-0.2, -0.15) is 0 Å². The average molecular weight is 437 g/mol. The molecule has 7 heteroatoms. The smallest absolute Gasteiger partial charge is 0.268 e. The molecule has 2 aromatic carbocycles. The maximum Gasteiger partial charge on any atom is 0.268 e. The molecule has 0 aliphatic carbocycles. The van der Waals surface area contributed by atoms with Gasteiger partial charge in [-0.15, -0.1) is 5.10 Å². The minimum Gasteiger partial charge on any atom is -0.460 e. The fourth-order valence-corrected chi connectivity index (χ4v) is 3.84. The molecule has 0 radical (unpaired) electrons. The number of carbonyl (C=O) groups is 1. The van der Waals surface area contributed by atoms with Crippen LogP contribution in [0.1, 0.15) is 39.3 Å². The number of benzene rings is 2. The summed E-state index contributed by atoms with van der Waals surface area (Å²) in [5, 5.41) is 8.58. The van der Waals surface area contributed by atoms with E-state index in [4.69, 9.17) is 14.6 Å². The fourth-order valence-electron chi connectivity index (χ4n) is 3.84. The maximum atomic E-state index is 13.0. The summed E-state index contributed by atoms with van der Waals surface area (Å²) in [7, 11) is 0. The highest BCUT2D eigenvalue weighted by Crippen LogP contribution is 2.31. The van der Waals surface area contributed by atoms with Gasteiger partial charge in [0, 0.05) is 31.4 Å². The van der Waals surface area contributed by atoms with Crippen molar-refractivity contribution in [1.82, 2.24) is 14.7 Å². The highest BCUT2D eigenvalue weighted by atomic mass is 16.5. The number of hydrogen-bond donors (Lipinski definition) is 1. The third kappa shape index (κ3) is 4.95. The molecule has 0 atom stereocenters. The van der Waals surface area contributed by atoms with Gasteiger partial charge < -0.3 is 14.8 Å². The van der Waals surface area contributed by atoms with Crippen molar-refractivity contribution < 1.29 is 14.3 Å². The molecular formula is C25H32N4O3. The molecule has 32 heavy (non-hydrogen) atoms. The molecule has 170 valence electrons. The van der Waals surface area contributed by atoms with Gasteiger partial charge in [-0.3, -0.25) is 14.4 Å². The Labute approximate surface area is 189 Å². The van der Waals surface area contributed by atoms with Crippen molar-refractivity contribution in [2.24, 2.45) is 0 Å². The molecule has 0 spiro atoms. The largest absolute Gasteiger partial charge is 0.460 e. The van der Waals surface area contributed by atoms with E-state index in [1.807, 2.05) is 35.0 Å². The third-order valence-corrected chi connectivity index (χ3v) is 5.67. The zero-order valence-electron chi connectivity index (χ0n) is 19.3. The molecule has 1 amide bonds. The predicted molar refractivity (Wildman–Crippen MR) is 126 cm³/mol. The summed E-state index contributed by atoms with van der Waals surface area (Å²) in [4.78, 5) is 15.3. The zero-order valence-corrected chi connectivity index (χ0v) is 19.3. The minimum absolute atomic E-state index is 0.168. The van der Waals surface area contributed by atoms with E-state index in [-0.39, 0.29) is 11.9 Å². The van der Waals surface area contributed by atoms with Crippen molar-refractivity contribution in [2.45, 2.75) is 45.9 Å². The Balaban J connectivity index is 1.60. The first-order chi connectivity index (χ1) is 15.3. The number of nitrogens with zero attached hydrogens (tertiary/aromatic N) is 3. The Morgan fingerprint density at radius 2 is 1.88 bits per heavy atom. The van der Waals surface area contributed by atoms with Crippen molar-refractivity contribution in [3.8, 4) is 5.88 Å². The van der Waals surface area contributed by atoms with E-state index in [0.717, 1.165) is 49.4 Å². The monoisotopic (exact) mass is 436 g/mol. The molecule has 1 N–H and O–H groups in total. The predicted octanol–water partition coefficient (Wildman–Crippen LogP) is 4.25. The lowest BCUT2D eigenvalue weighted by molar-refractivity contribution is -0.128. The number of carbonyl (C=O) groups excluding carboxylic acids is 1. The molecular weight excluding hydrogens is 404 g/mol. The highest BCUT2D eigenvalue weighted by Gasteiger charge is 2.32. The van der Waals surface area contributed by atoms with Crippen LogP contribution in [0.5, 0.6) is 5.88 Å². The second-order valence-corrected chi connectivity index (χ2v) is 9.02. The van der Waals surface area contributed by atoms with E-state index in [1.165, 1.54) is 5.56 Å². The van der Waals surface area contributed by atoms with Crippen LogP contribution in [0.25, 0.3) is 10.9 Å². The highest BCUT2D eigenvalue weighted by molar-refractivity contribution is 5.97. The van der Waals surface area contributed by atoms with E-state index in [0.29, 0.717) is 5.88 Å². The fraction of sp³-hybridized carbons (Fsp3) is 0.440. The van der Waals surface area contributed by atoms with E-state index in [9.17, 15) is 4.79 Å². The van der Waals surface area contributed by atoms with Gasteiger partial charge in [0.1, 0.15) is 0 Å². The molecule has 2 heterocycles. The first-order valence-corrected chi connectivity index (χ1v) is 11.2. The topological polar surface area (TPSA) is 68.6 Å². The van der Waals surface area contributed by atoms with Gasteiger partial charge in [0.25, 0.3) is 5.91 Å². The average Bonchev–Trinajstić information content (AvgIpc) is 3.12. The van der Waals surface area contributed by atoms with Crippen LogP contribution in [-0.4, -0.2) is 52.5 Å². The van der Waals surface area contributed by atoms with Crippen LogP contribution in [0.4, 0.5) is 5.69 Å². The molecule has 1 saturated heterocycles. The van der Waals surface area contributed by atoms with E-state index >= 15 is 0 Å². The maximum absolute atomic E-state index is 13.0. The summed E-state index contributed by atoms with van der Waals surface area (Å²) in [6.07, 6.45) is 0. The van der Waals surface area contributed by atoms with Crippen molar-refractivity contribution in [3.63, 3.8) is 0 Å². The number of nitrogens with one attached hydrogen (secondary N) is 1. The number of ether oxygens (including phenoxy) is 2. The summed E-state index contributed by atoms with van der Waals surface area (Å²) in [5.74, 6) is 0.256. The van der Waals surface area contributed by atoms with E-state index < -0.39 is 5.60 Å². The molecule has 4 rings (SSSR count). The summed E-state index contributed by atoms with van der Waals surface area (Å²) in [6.45, 7) is 12.0. The molecule has 0 unspecified atom stereocenters. The molecule has 0 saturated carbocycles. The number of aromatic nitrogens is 2. The van der Waals surface area contributed by atoms with E-state index in [1.54, 1.807) is 13.8 Å². The number of anilines is 1. The van der Waals surface area contributed by atoms with Crippen molar-refractivity contribution in [1.29, 1.82) is 0 Å². The van der Waals surface area contributed by atoms with Crippen LogP contribution in [0.3, 0.4) is 0 Å². The molecule has 1 aliphatic rings. The van der Waals surface area contributed by atoms with Crippen LogP contribution in [0.15, 0.2) is 48.5 Å². The Morgan fingerprint density at radius 3 is 2.56 bits per heavy atom. The second-order valence-electron chi connectivity index (χ2n) is 9.02. The van der Waals surface area contributed by atoms with Gasteiger partial charge in [-0.25, -0.2) is 0 Å². The number of rotatable bonds is 7. The quantitative estimate of drug-likeness (QED) is 0.600. The van der Waals surface area contributed by atoms with Gasteiger partial charge in [-0.1, -0.05) is 24.3 Å². The first-order valence-electron chi connectivity index (χ1n) is 11.2. The van der Waals surface area contributed by atoms with Crippen LogP contribution < -0.4 is 10.1 Å². The summed E-state index contributed by atoms with van der Waals surface area (Å²) < 4.78 is 13.7. The molecule has 1 aromatic heterocycles. The Morgan fingerprint density at radius 1 is 1.16 bits per heavy atom. The van der Waals surface area contributed by atoms with Gasteiger partial charge in [-0.05, 0) is 57.5 Å². The summed E-state index contributed by atoms with van der Waals surface area (Å²) >= 11 is 0. The van der Waals surface area contributed by atoms with E-state index in [2.05, 4.69) is 42.3 Å². The van der Waals surface area contributed by atoms with Crippen LogP contribution in [0.2, 0.25) is 0 Å². The van der Waals surface area contributed by atoms with Gasteiger partial charge in [0.15, 0.2) is 5.60 Å². The Bertz CT molecular complexity index is 1070. The molecule has 3 aromatic rings. The first kappa shape index (κ1) is 22.3. The summed E-state index contributed by atoms with van der Waals surface area (Å²) in [5.41, 5.74) is 1.83.